The Kier molecular flexibility index (Phi) is 7.25. The average Bonchev–Trinajstić information content (AvgIpc) is 3.14. The lowest BCUT2D eigenvalue weighted by Gasteiger charge is -2.21. The maximum Gasteiger partial charge on any atom is 0.437 e. The van der Waals surface area contributed by atoms with Gasteiger partial charge in [-0.25, -0.2) is 9.37 Å². The highest BCUT2D eigenvalue weighted by Gasteiger charge is 2.40. The molecule has 1 unspecified atom stereocenters. The zero-order valence-corrected chi connectivity index (χ0v) is 18.8. The maximum atomic E-state index is 15.0. The first-order valence-electron chi connectivity index (χ1n) is 10.1. The van der Waals surface area contributed by atoms with Crippen molar-refractivity contribution in [3.63, 3.8) is 0 Å². The van der Waals surface area contributed by atoms with Gasteiger partial charge >= 0.3 is 12.4 Å². The molecule has 0 fully saturated rings. The number of alkyl halides is 6. The first-order valence-corrected chi connectivity index (χ1v) is 10.1. The minimum atomic E-state index is -4.97. The average molecular weight is 521 g/mol. The molecule has 36 heavy (non-hydrogen) atoms. The monoisotopic (exact) mass is 521 g/mol. The van der Waals surface area contributed by atoms with E-state index in [4.69, 9.17) is 4.74 Å². The van der Waals surface area contributed by atoms with Crippen molar-refractivity contribution < 1.29 is 45.4 Å². The Hall–Kier alpha value is -3.75. The topological polar surface area (TPSA) is 113 Å². The fourth-order valence-electron chi connectivity index (χ4n) is 3.02. The van der Waals surface area contributed by atoms with Crippen LogP contribution in [0, 0.1) is 19.7 Å². The number of aryl methyl sites for hydroxylation is 2. The van der Waals surface area contributed by atoms with Crippen LogP contribution in [0.5, 0.6) is 5.75 Å². The predicted molar refractivity (Wildman–Crippen MR) is 111 cm³/mol. The second-order valence-electron chi connectivity index (χ2n) is 7.60. The Morgan fingerprint density at radius 3 is 2.44 bits per heavy atom. The Labute approximate surface area is 198 Å². The molecule has 194 valence electrons. The Morgan fingerprint density at radius 1 is 1.19 bits per heavy atom. The molecule has 1 atom stereocenters. The highest BCUT2D eigenvalue weighted by Crippen LogP contribution is 2.37. The number of aromatic nitrogens is 4. The number of nitrogens with zero attached hydrogens (tertiary/aromatic N) is 3. The number of anilines is 1. The van der Waals surface area contributed by atoms with Gasteiger partial charge in [-0.1, -0.05) is 0 Å². The lowest BCUT2D eigenvalue weighted by atomic mass is 10.1. The molecule has 0 aliphatic heterocycles. The third kappa shape index (κ3) is 5.56. The van der Waals surface area contributed by atoms with E-state index in [1.165, 1.54) is 13.8 Å². The summed E-state index contributed by atoms with van der Waals surface area (Å²) in [6.07, 6.45) is -11.2. The van der Waals surface area contributed by atoms with Crippen molar-refractivity contribution in [2.75, 3.05) is 5.32 Å². The largest absolute Gasteiger partial charge is 0.480 e. The van der Waals surface area contributed by atoms with Crippen LogP contribution in [-0.2, 0) is 12.8 Å². The number of rotatable bonds is 6. The Balaban J connectivity index is 2.12. The lowest BCUT2D eigenvalue weighted by Crippen LogP contribution is -2.32. The highest BCUT2D eigenvalue weighted by atomic mass is 19.4. The molecule has 8 nitrogen and oxygen atoms in total. The van der Waals surface area contributed by atoms with Crippen molar-refractivity contribution in [1.29, 1.82) is 0 Å². The normalized spacial score (nSPS) is 13.0. The SMILES string of the molecule is Cc1ncc(-c2cc(OC(C)C(F)(F)F)c(C(=O)Nc3c(C(F)(F)F)n[nH]c3C)cc2F)nc1CO. The molecule has 0 saturated heterocycles. The fraction of sp³-hybridized carbons (Fsp3) is 0.333. The van der Waals surface area contributed by atoms with Gasteiger partial charge in [-0.05, 0) is 32.9 Å². The van der Waals surface area contributed by atoms with Crippen LogP contribution in [-0.4, -0.2) is 43.5 Å². The van der Waals surface area contributed by atoms with E-state index < -0.39 is 65.0 Å². The molecule has 2 aromatic heterocycles. The highest BCUT2D eigenvalue weighted by molar-refractivity contribution is 6.07. The van der Waals surface area contributed by atoms with Gasteiger partial charge in [0.15, 0.2) is 11.8 Å². The van der Waals surface area contributed by atoms with Crippen molar-refractivity contribution in [1.82, 2.24) is 20.2 Å². The molecule has 0 aliphatic rings. The zero-order chi connectivity index (χ0) is 27.0. The molecule has 15 heteroatoms. The van der Waals surface area contributed by atoms with Crippen LogP contribution >= 0.6 is 0 Å². The van der Waals surface area contributed by atoms with E-state index in [2.05, 4.69) is 20.2 Å². The number of benzene rings is 1. The zero-order valence-electron chi connectivity index (χ0n) is 18.8. The summed E-state index contributed by atoms with van der Waals surface area (Å²) in [6, 6.07) is 1.26. The van der Waals surface area contributed by atoms with Gasteiger partial charge in [0, 0.05) is 5.56 Å². The number of halogens is 7. The number of aliphatic hydroxyl groups excluding tert-OH is 1. The predicted octanol–water partition coefficient (Wildman–Crippen LogP) is 4.72. The summed E-state index contributed by atoms with van der Waals surface area (Å²) < 4.78 is 99.1. The summed E-state index contributed by atoms with van der Waals surface area (Å²) >= 11 is 0. The van der Waals surface area contributed by atoms with Gasteiger partial charge in [0.25, 0.3) is 5.91 Å². The number of amides is 1. The van der Waals surface area contributed by atoms with E-state index >= 15 is 4.39 Å². The van der Waals surface area contributed by atoms with Crippen LogP contribution in [0.1, 0.15) is 40.1 Å². The lowest BCUT2D eigenvalue weighted by molar-refractivity contribution is -0.189. The number of H-pyrrole nitrogens is 1. The minimum Gasteiger partial charge on any atom is -0.480 e. The van der Waals surface area contributed by atoms with E-state index in [-0.39, 0.29) is 17.1 Å². The maximum absolute atomic E-state index is 15.0. The number of carbonyl (C=O) groups is 1. The third-order valence-electron chi connectivity index (χ3n) is 5.01. The van der Waals surface area contributed by atoms with Crippen molar-refractivity contribution in [2.45, 2.75) is 45.8 Å². The van der Waals surface area contributed by atoms with Crippen LogP contribution in [0.4, 0.5) is 36.4 Å². The van der Waals surface area contributed by atoms with E-state index in [1.807, 2.05) is 5.32 Å². The van der Waals surface area contributed by atoms with Crippen molar-refractivity contribution >= 4 is 11.6 Å². The Bertz CT molecular complexity index is 1290. The molecule has 1 aromatic carbocycles. The van der Waals surface area contributed by atoms with Crippen LogP contribution in [0.25, 0.3) is 11.3 Å². The number of aromatic amines is 1. The van der Waals surface area contributed by atoms with Crippen molar-refractivity contribution in [3.05, 3.63) is 52.5 Å². The van der Waals surface area contributed by atoms with Gasteiger partial charge in [-0.15, -0.1) is 0 Å². The summed E-state index contributed by atoms with van der Waals surface area (Å²) in [6.45, 7) is 2.75. The van der Waals surface area contributed by atoms with E-state index in [1.54, 1.807) is 0 Å². The van der Waals surface area contributed by atoms with Gasteiger partial charge in [-0.2, -0.15) is 31.4 Å². The van der Waals surface area contributed by atoms with Gasteiger partial charge in [0.05, 0.1) is 46.8 Å². The molecule has 2 heterocycles. The number of hydrogen-bond donors (Lipinski definition) is 3. The first-order chi connectivity index (χ1) is 16.6. The number of aliphatic hydroxyl groups is 1. The van der Waals surface area contributed by atoms with Crippen LogP contribution in [0.3, 0.4) is 0 Å². The molecular formula is C21H18F7N5O3. The summed E-state index contributed by atoms with van der Waals surface area (Å²) in [7, 11) is 0. The molecule has 0 saturated carbocycles. The minimum absolute atomic E-state index is 0.0648. The standard InChI is InChI=1S/C21H18F7N5O3/c1-8-15(7-34)30-14(6-29-8)11-5-16(36-10(3)20(23,24)25)12(4-13(11)22)19(35)31-17-9(2)32-33-18(17)21(26,27)28/h4-6,10,34H,7H2,1-3H3,(H,31,35)(H,32,33). The van der Waals surface area contributed by atoms with E-state index in [0.717, 1.165) is 12.3 Å². The van der Waals surface area contributed by atoms with Gasteiger partial charge in [-0.3, -0.25) is 14.9 Å². The molecule has 0 aliphatic carbocycles. The molecular weight excluding hydrogens is 503 g/mol. The fourth-order valence-corrected chi connectivity index (χ4v) is 3.02. The molecule has 3 aromatic rings. The first kappa shape index (κ1) is 26.8. The van der Waals surface area contributed by atoms with E-state index in [0.29, 0.717) is 18.7 Å². The van der Waals surface area contributed by atoms with Crippen LogP contribution in [0.2, 0.25) is 0 Å². The number of nitrogens with one attached hydrogen (secondary N) is 2. The second kappa shape index (κ2) is 9.72. The van der Waals surface area contributed by atoms with Gasteiger partial charge in [0.1, 0.15) is 11.6 Å². The second-order valence-corrected chi connectivity index (χ2v) is 7.60. The van der Waals surface area contributed by atoms with Gasteiger partial charge < -0.3 is 15.2 Å². The smallest absolute Gasteiger partial charge is 0.437 e. The Morgan fingerprint density at radius 2 is 1.86 bits per heavy atom. The number of carbonyl (C=O) groups excluding carboxylic acids is 1. The summed E-state index contributed by atoms with van der Waals surface area (Å²) in [4.78, 5) is 20.8. The summed E-state index contributed by atoms with van der Waals surface area (Å²) in [5, 5.41) is 16.4. The molecule has 0 bridgehead atoms. The molecule has 0 radical (unpaired) electrons. The number of ether oxygens (including phenoxy) is 1. The van der Waals surface area contributed by atoms with Gasteiger partial charge in [0.2, 0.25) is 0 Å². The third-order valence-corrected chi connectivity index (χ3v) is 5.01. The van der Waals surface area contributed by atoms with E-state index in [9.17, 15) is 36.2 Å². The molecule has 0 spiro atoms. The molecule has 3 N–H and O–H groups in total. The van der Waals surface area contributed by atoms with Crippen LogP contribution in [0.15, 0.2) is 18.3 Å². The van der Waals surface area contributed by atoms with Crippen molar-refractivity contribution in [2.24, 2.45) is 0 Å². The summed E-state index contributed by atoms with van der Waals surface area (Å²) in [5.41, 5.74) is -3.52. The van der Waals surface area contributed by atoms with Crippen molar-refractivity contribution in [3.8, 4) is 17.0 Å². The molecule has 3 rings (SSSR count). The molecule has 1 amide bonds. The number of hydrogen-bond acceptors (Lipinski definition) is 6. The summed E-state index contributed by atoms with van der Waals surface area (Å²) in [5.74, 6) is -3.32. The quantitative estimate of drug-likeness (QED) is 0.405. The van der Waals surface area contributed by atoms with Crippen LogP contribution < -0.4 is 10.1 Å².